The molecule has 0 aromatic heterocycles. The first-order chi connectivity index (χ1) is 12.4. The van der Waals surface area contributed by atoms with Gasteiger partial charge in [-0.15, -0.1) is 0 Å². The van der Waals surface area contributed by atoms with E-state index < -0.39 is 5.60 Å². The Morgan fingerprint density at radius 1 is 1.19 bits per heavy atom. The molecule has 0 aromatic rings. The van der Waals surface area contributed by atoms with E-state index in [1.807, 2.05) is 0 Å². The van der Waals surface area contributed by atoms with Gasteiger partial charge in [0.2, 0.25) is 0 Å². The molecule has 5 aliphatic rings. The van der Waals surface area contributed by atoms with Gasteiger partial charge >= 0.3 is 0 Å². The molecule has 2 fully saturated rings. The van der Waals surface area contributed by atoms with Gasteiger partial charge in [-0.2, -0.15) is 0 Å². The number of fused-ring (bicyclic) bond motifs is 4. The van der Waals surface area contributed by atoms with E-state index in [0.29, 0.717) is 18.3 Å². The van der Waals surface area contributed by atoms with Crippen LogP contribution in [0.2, 0.25) is 0 Å². The number of Topliss-reactive ketones (excluding diaryl/α,β-unsaturated/α-hetero) is 1. The van der Waals surface area contributed by atoms with Gasteiger partial charge in [0.05, 0.1) is 13.2 Å². The van der Waals surface area contributed by atoms with Gasteiger partial charge < -0.3 is 14.6 Å². The lowest BCUT2D eigenvalue weighted by Gasteiger charge is -2.50. The molecule has 4 nitrogen and oxygen atoms in total. The van der Waals surface area contributed by atoms with Crippen LogP contribution in [0.25, 0.3) is 0 Å². The summed E-state index contributed by atoms with van der Waals surface area (Å²) in [6, 6.07) is 0. The fourth-order valence-corrected chi connectivity index (χ4v) is 6.89. The maximum atomic E-state index is 12.3. The molecule has 4 atom stereocenters. The summed E-state index contributed by atoms with van der Waals surface area (Å²) in [5.41, 5.74) is 3.15. The zero-order valence-corrected chi connectivity index (χ0v) is 16.0. The van der Waals surface area contributed by atoms with Gasteiger partial charge in [-0.3, -0.25) is 4.79 Å². The highest BCUT2D eigenvalue weighted by molar-refractivity contribution is 5.86. The fourth-order valence-electron chi connectivity index (χ4n) is 6.89. The third kappa shape index (κ3) is 2.10. The largest absolute Gasteiger partial charge is 0.381 e. The highest BCUT2D eigenvalue weighted by atomic mass is 16.7. The molecule has 1 saturated heterocycles. The van der Waals surface area contributed by atoms with Crippen molar-refractivity contribution in [1.82, 2.24) is 0 Å². The Labute approximate surface area is 155 Å². The molecule has 0 aromatic carbocycles. The van der Waals surface area contributed by atoms with E-state index in [1.165, 1.54) is 11.1 Å². The molecule has 4 heteroatoms. The SMILES string of the molecule is CC(=O)[C@@]1(O)CC[C@H]2[C@@H]3CCC4=C(CCC5(C4)OCCO5)C3=CC[C@@]21C. The van der Waals surface area contributed by atoms with Crippen molar-refractivity contribution < 1.29 is 19.4 Å². The molecule has 5 rings (SSSR count). The second kappa shape index (κ2) is 5.52. The van der Waals surface area contributed by atoms with E-state index >= 15 is 0 Å². The van der Waals surface area contributed by atoms with Crippen molar-refractivity contribution in [3.8, 4) is 0 Å². The molecular weight excluding hydrogens is 328 g/mol. The second-order valence-electron chi connectivity index (χ2n) is 9.35. The summed E-state index contributed by atoms with van der Waals surface area (Å²) in [7, 11) is 0. The summed E-state index contributed by atoms with van der Waals surface area (Å²) < 4.78 is 11.9. The van der Waals surface area contributed by atoms with Crippen molar-refractivity contribution in [3.63, 3.8) is 0 Å². The van der Waals surface area contributed by atoms with Crippen LogP contribution in [0, 0.1) is 17.3 Å². The van der Waals surface area contributed by atoms with Crippen molar-refractivity contribution in [3.05, 3.63) is 22.8 Å². The van der Waals surface area contributed by atoms with Crippen LogP contribution >= 0.6 is 0 Å². The summed E-state index contributed by atoms with van der Waals surface area (Å²) in [6.07, 6.45) is 9.92. The van der Waals surface area contributed by atoms with Gasteiger partial charge in [-0.1, -0.05) is 18.6 Å². The molecule has 1 heterocycles. The lowest BCUT2D eigenvalue weighted by atomic mass is 9.55. The molecule has 0 bridgehead atoms. The van der Waals surface area contributed by atoms with E-state index in [4.69, 9.17) is 9.47 Å². The highest BCUT2D eigenvalue weighted by Crippen LogP contribution is 2.63. The molecule has 4 aliphatic carbocycles. The lowest BCUT2D eigenvalue weighted by molar-refractivity contribution is -0.164. The standard InChI is InChI=1S/C22H30O4/c1-14(23)22(24)10-7-19-18-4-3-15-13-21(25-11-12-26-21)9-6-16(15)17(18)5-8-20(19,22)2/h5,18-19,24H,3-4,6-13H2,1-2H3/t18-,19+,20+,22+/m1/s1. The number of carbonyl (C=O) groups excluding carboxylic acids is 1. The Balaban J connectivity index is 1.49. The normalized spacial score (nSPS) is 43.7. The minimum atomic E-state index is -1.14. The quantitative estimate of drug-likeness (QED) is 0.777. The number of hydrogen-bond acceptors (Lipinski definition) is 4. The Bertz CT molecular complexity index is 714. The molecule has 1 N–H and O–H groups in total. The van der Waals surface area contributed by atoms with E-state index in [2.05, 4.69) is 13.0 Å². The van der Waals surface area contributed by atoms with E-state index in [-0.39, 0.29) is 17.0 Å². The van der Waals surface area contributed by atoms with Crippen LogP contribution < -0.4 is 0 Å². The molecule has 1 spiro atoms. The Hall–Kier alpha value is -0.970. The lowest BCUT2D eigenvalue weighted by Crippen LogP contribution is -2.53. The minimum Gasteiger partial charge on any atom is -0.381 e. The topological polar surface area (TPSA) is 55.8 Å². The third-order valence-corrected chi connectivity index (χ3v) is 8.38. The summed E-state index contributed by atoms with van der Waals surface area (Å²) in [5.74, 6) is 0.517. The van der Waals surface area contributed by atoms with Crippen LogP contribution in [0.3, 0.4) is 0 Å². The van der Waals surface area contributed by atoms with Crippen LogP contribution in [0.5, 0.6) is 0 Å². The molecule has 1 saturated carbocycles. The first-order valence-corrected chi connectivity index (χ1v) is 10.3. The summed E-state index contributed by atoms with van der Waals surface area (Å²) in [5, 5.41) is 11.2. The van der Waals surface area contributed by atoms with Gasteiger partial charge in [-0.05, 0) is 68.4 Å². The number of ether oxygens (including phenoxy) is 2. The fraction of sp³-hybridized carbons (Fsp3) is 0.773. The maximum Gasteiger partial charge on any atom is 0.172 e. The molecule has 26 heavy (non-hydrogen) atoms. The Kier molecular flexibility index (Phi) is 3.64. The predicted molar refractivity (Wildman–Crippen MR) is 97.4 cm³/mol. The molecule has 0 unspecified atom stereocenters. The summed E-state index contributed by atoms with van der Waals surface area (Å²) in [6.45, 7) is 5.16. The number of ketones is 1. The molecule has 142 valence electrons. The van der Waals surface area contributed by atoms with Gasteiger partial charge in [0, 0.05) is 18.3 Å². The number of aliphatic hydroxyl groups is 1. The number of allylic oxidation sites excluding steroid dienone is 3. The van der Waals surface area contributed by atoms with Crippen LogP contribution in [0.1, 0.15) is 65.2 Å². The van der Waals surface area contributed by atoms with Crippen molar-refractivity contribution in [2.75, 3.05) is 13.2 Å². The zero-order valence-electron chi connectivity index (χ0n) is 16.0. The number of hydrogen-bond donors (Lipinski definition) is 1. The van der Waals surface area contributed by atoms with Gasteiger partial charge in [0.25, 0.3) is 0 Å². The Morgan fingerprint density at radius 3 is 2.69 bits per heavy atom. The average molecular weight is 358 g/mol. The second-order valence-corrected chi connectivity index (χ2v) is 9.35. The van der Waals surface area contributed by atoms with Crippen molar-refractivity contribution in [1.29, 1.82) is 0 Å². The molecular formula is C22H30O4. The molecule has 0 amide bonds. The van der Waals surface area contributed by atoms with Gasteiger partial charge in [0.1, 0.15) is 5.60 Å². The van der Waals surface area contributed by atoms with Crippen molar-refractivity contribution in [2.45, 2.75) is 76.6 Å². The van der Waals surface area contributed by atoms with E-state index in [9.17, 15) is 9.90 Å². The van der Waals surface area contributed by atoms with E-state index in [1.54, 1.807) is 12.5 Å². The van der Waals surface area contributed by atoms with Crippen molar-refractivity contribution in [2.24, 2.45) is 17.3 Å². The third-order valence-electron chi connectivity index (χ3n) is 8.38. The minimum absolute atomic E-state index is 0.0507. The molecule has 0 radical (unpaired) electrons. The number of rotatable bonds is 1. The summed E-state index contributed by atoms with van der Waals surface area (Å²) >= 11 is 0. The number of carbonyl (C=O) groups is 1. The van der Waals surface area contributed by atoms with Crippen molar-refractivity contribution >= 4 is 5.78 Å². The van der Waals surface area contributed by atoms with Crippen LogP contribution in [0.15, 0.2) is 22.8 Å². The highest BCUT2D eigenvalue weighted by Gasteiger charge is 2.62. The first-order valence-electron chi connectivity index (χ1n) is 10.3. The smallest absolute Gasteiger partial charge is 0.172 e. The van der Waals surface area contributed by atoms with Crippen LogP contribution in [-0.4, -0.2) is 35.5 Å². The average Bonchev–Trinajstić information content (AvgIpc) is 3.18. The zero-order chi connectivity index (χ0) is 18.2. The molecule has 1 aliphatic heterocycles. The Morgan fingerprint density at radius 2 is 1.96 bits per heavy atom. The predicted octanol–water partition coefficient (Wildman–Crippen LogP) is 3.69. The van der Waals surface area contributed by atoms with Crippen LogP contribution in [-0.2, 0) is 14.3 Å². The first kappa shape index (κ1) is 17.2. The maximum absolute atomic E-state index is 12.3. The van der Waals surface area contributed by atoms with E-state index in [0.717, 1.165) is 58.2 Å². The van der Waals surface area contributed by atoms with Crippen LogP contribution in [0.4, 0.5) is 0 Å². The van der Waals surface area contributed by atoms with Gasteiger partial charge in [0.15, 0.2) is 11.6 Å². The monoisotopic (exact) mass is 358 g/mol. The van der Waals surface area contributed by atoms with Gasteiger partial charge in [-0.25, -0.2) is 0 Å². The summed E-state index contributed by atoms with van der Waals surface area (Å²) in [4.78, 5) is 12.3.